The van der Waals surface area contributed by atoms with E-state index in [2.05, 4.69) is 33.0 Å². The first-order chi connectivity index (χ1) is 7.74. The minimum atomic E-state index is 0.897. The molecule has 0 spiro atoms. The van der Waals surface area contributed by atoms with Gasteiger partial charge in [-0.15, -0.1) is 0 Å². The van der Waals surface area contributed by atoms with Crippen molar-refractivity contribution >= 4 is 0 Å². The topological polar surface area (TPSA) is 12.0 Å². The van der Waals surface area contributed by atoms with Crippen LogP contribution in [0, 0.1) is 11.8 Å². The van der Waals surface area contributed by atoms with Gasteiger partial charge >= 0.3 is 0 Å². The zero-order valence-electron chi connectivity index (χ0n) is 12.0. The molecule has 1 N–H and O–H groups in total. The Kier molecular flexibility index (Phi) is 11.4. The van der Waals surface area contributed by atoms with E-state index in [1.165, 1.54) is 58.0 Å². The molecule has 0 aromatic carbocycles. The van der Waals surface area contributed by atoms with Crippen LogP contribution in [0.2, 0.25) is 0 Å². The quantitative estimate of drug-likeness (QED) is 0.508. The van der Waals surface area contributed by atoms with Crippen LogP contribution in [0.4, 0.5) is 0 Å². The highest BCUT2D eigenvalue weighted by atomic mass is 14.9. The molecule has 0 saturated heterocycles. The van der Waals surface area contributed by atoms with Crippen molar-refractivity contribution in [2.45, 2.75) is 72.6 Å². The van der Waals surface area contributed by atoms with Crippen molar-refractivity contribution in [3.05, 3.63) is 0 Å². The highest BCUT2D eigenvalue weighted by Gasteiger charge is 2.06. The standard InChI is InChI=1S/C15H33N/c1-5-8-14(4)11-12-16-13-15(9-6-2)10-7-3/h14-16H,5-13H2,1-4H3. The molecule has 0 aliphatic heterocycles. The van der Waals surface area contributed by atoms with Crippen LogP contribution in [-0.2, 0) is 0 Å². The normalized spacial score (nSPS) is 13.3. The number of hydrogen-bond acceptors (Lipinski definition) is 1. The van der Waals surface area contributed by atoms with Gasteiger partial charge in [0.25, 0.3) is 0 Å². The second-order valence-corrected chi connectivity index (χ2v) is 5.33. The summed E-state index contributed by atoms with van der Waals surface area (Å²) in [4.78, 5) is 0. The first-order valence-electron chi connectivity index (χ1n) is 7.45. The molecule has 0 aliphatic carbocycles. The molecule has 1 unspecified atom stereocenters. The van der Waals surface area contributed by atoms with Gasteiger partial charge in [0.15, 0.2) is 0 Å². The van der Waals surface area contributed by atoms with Crippen molar-refractivity contribution in [3.63, 3.8) is 0 Å². The van der Waals surface area contributed by atoms with E-state index in [-0.39, 0.29) is 0 Å². The summed E-state index contributed by atoms with van der Waals surface area (Å²) in [5, 5.41) is 3.64. The third kappa shape index (κ3) is 9.21. The number of hydrogen-bond donors (Lipinski definition) is 1. The third-order valence-electron chi connectivity index (χ3n) is 3.42. The maximum atomic E-state index is 3.64. The van der Waals surface area contributed by atoms with Gasteiger partial charge in [0.1, 0.15) is 0 Å². The summed E-state index contributed by atoms with van der Waals surface area (Å²) < 4.78 is 0. The largest absolute Gasteiger partial charge is 0.316 e. The molecule has 0 radical (unpaired) electrons. The third-order valence-corrected chi connectivity index (χ3v) is 3.42. The molecule has 0 aromatic rings. The van der Waals surface area contributed by atoms with Gasteiger partial charge in [-0.2, -0.15) is 0 Å². The summed E-state index contributed by atoms with van der Waals surface area (Å²) in [7, 11) is 0. The molecule has 0 amide bonds. The Morgan fingerprint density at radius 1 is 0.812 bits per heavy atom. The fraction of sp³-hybridized carbons (Fsp3) is 1.00. The summed E-state index contributed by atoms with van der Waals surface area (Å²) >= 11 is 0. The van der Waals surface area contributed by atoms with Gasteiger partial charge in [0.2, 0.25) is 0 Å². The fourth-order valence-electron chi connectivity index (χ4n) is 2.46. The molecule has 98 valence electrons. The first kappa shape index (κ1) is 16.0. The number of nitrogens with one attached hydrogen (secondary N) is 1. The zero-order chi connectivity index (χ0) is 12.2. The van der Waals surface area contributed by atoms with Gasteiger partial charge in [-0.1, -0.05) is 53.4 Å². The number of rotatable bonds is 11. The highest BCUT2D eigenvalue weighted by molar-refractivity contribution is 4.63. The molecular formula is C15H33N. The van der Waals surface area contributed by atoms with Gasteiger partial charge in [0, 0.05) is 0 Å². The summed E-state index contributed by atoms with van der Waals surface area (Å²) in [5.74, 6) is 1.81. The van der Waals surface area contributed by atoms with Gasteiger partial charge in [-0.05, 0) is 44.2 Å². The Morgan fingerprint density at radius 3 is 1.88 bits per heavy atom. The van der Waals surface area contributed by atoms with Crippen molar-refractivity contribution in [2.24, 2.45) is 11.8 Å². The molecule has 1 heteroatoms. The van der Waals surface area contributed by atoms with Crippen molar-refractivity contribution in [2.75, 3.05) is 13.1 Å². The monoisotopic (exact) mass is 227 g/mol. The second kappa shape index (κ2) is 11.4. The zero-order valence-corrected chi connectivity index (χ0v) is 12.0. The van der Waals surface area contributed by atoms with E-state index in [1.807, 2.05) is 0 Å². The van der Waals surface area contributed by atoms with E-state index in [0.29, 0.717) is 0 Å². The molecule has 0 aromatic heterocycles. The Bertz CT molecular complexity index is 127. The van der Waals surface area contributed by atoms with Crippen LogP contribution in [0.15, 0.2) is 0 Å². The van der Waals surface area contributed by atoms with Crippen LogP contribution < -0.4 is 5.32 Å². The van der Waals surface area contributed by atoms with Gasteiger partial charge < -0.3 is 5.32 Å². The molecule has 0 saturated carbocycles. The van der Waals surface area contributed by atoms with Gasteiger partial charge in [-0.25, -0.2) is 0 Å². The molecule has 0 heterocycles. The van der Waals surface area contributed by atoms with Crippen LogP contribution in [0.5, 0.6) is 0 Å². The molecule has 1 nitrogen and oxygen atoms in total. The summed E-state index contributed by atoms with van der Waals surface area (Å²) in [5.41, 5.74) is 0. The van der Waals surface area contributed by atoms with E-state index in [0.717, 1.165) is 11.8 Å². The lowest BCUT2D eigenvalue weighted by molar-refractivity contribution is 0.392. The smallest absolute Gasteiger partial charge is 0.00205 e. The summed E-state index contributed by atoms with van der Waals surface area (Å²) in [6.07, 6.45) is 9.51. The molecule has 16 heavy (non-hydrogen) atoms. The summed E-state index contributed by atoms with van der Waals surface area (Å²) in [6, 6.07) is 0. The molecule has 0 rings (SSSR count). The van der Waals surface area contributed by atoms with Crippen LogP contribution in [0.3, 0.4) is 0 Å². The maximum absolute atomic E-state index is 3.64. The predicted octanol–water partition coefficient (Wildman–Crippen LogP) is 4.62. The maximum Gasteiger partial charge on any atom is -0.00205 e. The first-order valence-corrected chi connectivity index (χ1v) is 7.45. The Labute approximate surface area is 103 Å². The Morgan fingerprint density at radius 2 is 1.38 bits per heavy atom. The lowest BCUT2D eigenvalue weighted by atomic mass is 9.98. The second-order valence-electron chi connectivity index (χ2n) is 5.33. The lowest BCUT2D eigenvalue weighted by Gasteiger charge is -2.17. The molecule has 0 bridgehead atoms. The summed E-state index contributed by atoms with van der Waals surface area (Å²) in [6.45, 7) is 11.7. The van der Waals surface area contributed by atoms with Crippen LogP contribution in [0.25, 0.3) is 0 Å². The Balaban J connectivity index is 3.45. The van der Waals surface area contributed by atoms with E-state index >= 15 is 0 Å². The average Bonchev–Trinajstić information content (AvgIpc) is 2.25. The van der Waals surface area contributed by atoms with Crippen LogP contribution in [-0.4, -0.2) is 13.1 Å². The van der Waals surface area contributed by atoms with Gasteiger partial charge in [-0.3, -0.25) is 0 Å². The SMILES string of the molecule is CCCC(C)CCNCC(CCC)CCC. The van der Waals surface area contributed by atoms with Crippen molar-refractivity contribution in [1.29, 1.82) is 0 Å². The van der Waals surface area contributed by atoms with E-state index in [4.69, 9.17) is 0 Å². The van der Waals surface area contributed by atoms with E-state index in [9.17, 15) is 0 Å². The minimum absolute atomic E-state index is 0.897. The van der Waals surface area contributed by atoms with Crippen LogP contribution >= 0.6 is 0 Å². The van der Waals surface area contributed by atoms with Crippen LogP contribution in [0.1, 0.15) is 72.6 Å². The molecule has 1 atom stereocenters. The molecular weight excluding hydrogens is 194 g/mol. The Hall–Kier alpha value is -0.0400. The van der Waals surface area contributed by atoms with E-state index in [1.54, 1.807) is 0 Å². The lowest BCUT2D eigenvalue weighted by Crippen LogP contribution is -2.25. The fourth-order valence-corrected chi connectivity index (χ4v) is 2.46. The van der Waals surface area contributed by atoms with Crippen molar-refractivity contribution < 1.29 is 0 Å². The minimum Gasteiger partial charge on any atom is -0.316 e. The van der Waals surface area contributed by atoms with Gasteiger partial charge in [0.05, 0.1) is 0 Å². The average molecular weight is 227 g/mol. The van der Waals surface area contributed by atoms with E-state index < -0.39 is 0 Å². The van der Waals surface area contributed by atoms with Crippen molar-refractivity contribution in [1.82, 2.24) is 5.32 Å². The molecule has 0 fully saturated rings. The molecule has 0 aliphatic rings. The predicted molar refractivity (Wildman–Crippen MR) is 74.9 cm³/mol. The van der Waals surface area contributed by atoms with Crippen molar-refractivity contribution in [3.8, 4) is 0 Å². The highest BCUT2D eigenvalue weighted by Crippen LogP contribution is 2.13.